The number of hydrogen-bond acceptors (Lipinski definition) is 6. The van der Waals surface area contributed by atoms with Crippen LogP contribution < -0.4 is 10.0 Å². The molecule has 0 amide bonds. The Hall–Kier alpha value is -1.58. The van der Waals surface area contributed by atoms with E-state index in [1.807, 2.05) is 0 Å². The summed E-state index contributed by atoms with van der Waals surface area (Å²) in [5.41, 5.74) is -0.239. The van der Waals surface area contributed by atoms with Crippen molar-refractivity contribution in [2.75, 3.05) is 13.1 Å². The maximum Gasteiger partial charge on any atom is 0.287 e. The van der Waals surface area contributed by atoms with Crippen molar-refractivity contribution in [1.82, 2.24) is 15.0 Å². The summed E-state index contributed by atoms with van der Waals surface area (Å²) in [4.78, 5) is 13.4. The highest BCUT2D eigenvalue weighted by Gasteiger charge is 2.20. The molecule has 2 heterocycles. The second kappa shape index (κ2) is 5.59. The summed E-state index contributed by atoms with van der Waals surface area (Å²) in [5, 5.41) is 13.4. The van der Waals surface area contributed by atoms with Gasteiger partial charge in [-0.2, -0.15) is 0 Å². The molecule has 2 N–H and O–H groups in total. The zero-order valence-corrected chi connectivity index (χ0v) is 10.9. The number of pyridine rings is 1. The molecule has 0 radical (unpaired) electrons. The van der Waals surface area contributed by atoms with Gasteiger partial charge in [0.05, 0.1) is 4.92 Å². The standard InChI is InChI=1S/C10H14N4O4S/c15-14(16)9-3-4-10(12-7-9)19(17,18)13-6-8-2-1-5-11-8/h3-4,7-8,11,13H,1-2,5-6H2. The fraction of sp³-hybridized carbons (Fsp3) is 0.500. The molecular formula is C10H14N4O4S. The third kappa shape index (κ3) is 3.46. The Kier molecular flexibility index (Phi) is 4.08. The number of rotatable bonds is 5. The first-order valence-electron chi connectivity index (χ1n) is 5.82. The Morgan fingerprint density at radius 2 is 2.32 bits per heavy atom. The van der Waals surface area contributed by atoms with E-state index in [0.717, 1.165) is 37.7 Å². The van der Waals surface area contributed by atoms with Crippen LogP contribution in [0.5, 0.6) is 0 Å². The zero-order valence-electron chi connectivity index (χ0n) is 10.1. The van der Waals surface area contributed by atoms with E-state index in [1.165, 1.54) is 0 Å². The predicted octanol–water partition coefficient (Wildman–Crippen LogP) is 0.0201. The topological polar surface area (TPSA) is 114 Å². The molecule has 1 aromatic heterocycles. The summed E-state index contributed by atoms with van der Waals surface area (Å²) in [6.45, 7) is 1.18. The molecule has 0 aliphatic carbocycles. The fourth-order valence-corrected chi connectivity index (χ4v) is 2.86. The van der Waals surface area contributed by atoms with Gasteiger partial charge in [-0.15, -0.1) is 0 Å². The number of nitrogens with one attached hydrogen (secondary N) is 2. The minimum Gasteiger partial charge on any atom is -0.313 e. The highest BCUT2D eigenvalue weighted by atomic mass is 32.2. The Balaban J connectivity index is 2.03. The molecule has 1 aliphatic heterocycles. The van der Waals surface area contributed by atoms with Gasteiger partial charge in [0.25, 0.3) is 15.7 Å². The van der Waals surface area contributed by atoms with Gasteiger partial charge in [0.1, 0.15) is 6.20 Å². The molecule has 1 atom stereocenters. The first-order valence-corrected chi connectivity index (χ1v) is 7.31. The van der Waals surface area contributed by atoms with Crippen molar-refractivity contribution in [2.45, 2.75) is 23.9 Å². The van der Waals surface area contributed by atoms with Crippen molar-refractivity contribution in [3.05, 3.63) is 28.4 Å². The maximum atomic E-state index is 11.9. The molecule has 9 heteroatoms. The van der Waals surface area contributed by atoms with E-state index < -0.39 is 14.9 Å². The molecule has 1 saturated heterocycles. The third-order valence-corrected chi connectivity index (χ3v) is 4.23. The molecule has 1 fully saturated rings. The predicted molar refractivity (Wildman–Crippen MR) is 67.1 cm³/mol. The van der Waals surface area contributed by atoms with Gasteiger partial charge in [0.2, 0.25) is 0 Å². The van der Waals surface area contributed by atoms with E-state index in [2.05, 4.69) is 15.0 Å². The lowest BCUT2D eigenvalue weighted by atomic mass is 10.2. The van der Waals surface area contributed by atoms with E-state index in [9.17, 15) is 18.5 Å². The third-order valence-electron chi connectivity index (χ3n) is 2.89. The van der Waals surface area contributed by atoms with Crippen LogP contribution >= 0.6 is 0 Å². The van der Waals surface area contributed by atoms with Crippen molar-refractivity contribution in [3.63, 3.8) is 0 Å². The molecule has 0 aromatic carbocycles. The van der Waals surface area contributed by atoms with E-state index in [1.54, 1.807) is 0 Å². The Bertz CT molecular complexity index is 551. The van der Waals surface area contributed by atoms with Gasteiger partial charge in [-0.05, 0) is 25.5 Å². The van der Waals surface area contributed by atoms with Crippen LogP contribution in [0.3, 0.4) is 0 Å². The molecule has 19 heavy (non-hydrogen) atoms. The lowest BCUT2D eigenvalue weighted by Crippen LogP contribution is -2.37. The normalized spacial score (nSPS) is 19.5. The van der Waals surface area contributed by atoms with E-state index in [0.29, 0.717) is 6.54 Å². The Labute approximate surface area is 110 Å². The second-order valence-corrected chi connectivity index (χ2v) is 5.97. The van der Waals surface area contributed by atoms with Crippen molar-refractivity contribution >= 4 is 15.7 Å². The number of hydrogen-bond donors (Lipinski definition) is 2. The maximum absolute atomic E-state index is 11.9. The summed E-state index contributed by atoms with van der Waals surface area (Å²) in [6.07, 6.45) is 2.89. The molecular weight excluding hydrogens is 272 g/mol. The summed E-state index contributed by atoms with van der Waals surface area (Å²) >= 11 is 0. The molecule has 0 bridgehead atoms. The smallest absolute Gasteiger partial charge is 0.287 e. The zero-order chi connectivity index (χ0) is 13.9. The lowest BCUT2D eigenvalue weighted by molar-refractivity contribution is -0.385. The quantitative estimate of drug-likeness (QED) is 0.582. The van der Waals surface area contributed by atoms with Gasteiger partial charge >= 0.3 is 0 Å². The van der Waals surface area contributed by atoms with Crippen LogP contribution in [0, 0.1) is 10.1 Å². The summed E-state index contributed by atoms with van der Waals surface area (Å²) in [7, 11) is -3.71. The minimum absolute atomic E-state index is 0.132. The number of nitro groups is 1. The molecule has 0 spiro atoms. The highest BCUT2D eigenvalue weighted by molar-refractivity contribution is 7.89. The summed E-state index contributed by atoms with van der Waals surface area (Å²) in [5.74, 6) is 0. The largest absolute Gasteiger partial charge is 0.313 e. The first kappa shape index (κ1) is 13.8. The van der Waals surface area contributed by atoms with Crippen LogP contribution in [0.4, 0.5) is 5.69 Å². The van der Waals surface area contributed by atoms with Crippen LogP contribution in [0.25, 0.3) is 0 Å². The van der Waals surface area contributed by atoms with Crippen LogP contribution in [-0.2, 0) is 10.0 Å². The fourth-order valence-electron chi connectivity index (χ4n) is 1.85. The molecule has 0 saturated carbocycles. The van der Waals surface area contributed by atoms with Crippen LogP contribution in [0.2, 0.25) is 0 Å². The summed E-state index contributed by atoms with van der Waals surface area (Å²) < 4.78 is 26.2. The molecule has 8 nitrogen and oxygen atoms in total. The minimum atomic E-state index is -3.71. The Morgan fingerprint density at radius 1 is 1.53 bits per heavy atom. The van der Waals surface area contributed by atoms with Crippen molar-refractivity contribution < 1.29 is 13.3 Å². The summed E-state index contributed by atoms with van der Waals surface area (Å²) in [6, 6.07) is 2.38. The van der Waals surface area contributed by atoms with E-state index in [4.69, 9.17) is 0 Å². The SMILES string of the molecule is O=[N+]([O-])c1ccc(S(=O)(=O)NCC2CCCN2)nc1. The molecule has 1 aromatic rings. The van der Waals surface area contributed by atoms with Gasteiger partial charge in [-0.3, -0.25) is 10.1 Å². The average molecular weight is 286 g/mol. The van der Waals surface area contributed by atoms with Crippen LogP contribution in [0.15, 0.2) is 23.4 Å². The van der Waals surface area contributed by atoms with Gasteiger partial charge in [0.15, 0.2) is 5.03 Å². The van der Waals surface area contributed by atoms with Crippen molar-refractivity contribution in [2.24, 2.45) is 0 Å². The molecule has 1 unspecified atom stereocenters. The molecule has 104 valence electrons. The van der Waals surface area contributed by atoms with Crippen molar-refractivity contribution in [1.29, 1.82) is 0 Å². The van der Waals surface area contributed by atoms with E-state index >= 15 is 0 Å². The van der Waals surface area contributed by atoms with Crippen molar-refractivity contribution in [3.8, 4) is 0 Å². The van der Waals surface area contributed by atoms with Gasteiger partial charge in [-0.1, -0.05) is 0 Å². The van der Waals surface area contributed by atoms with Crippen LogP contribution in [0.1, 0.15) is 12.8 Å². The van der Waals surface area contributed by atoms with Gasteiger partial charge in [0, 0.05) is 18.7 Å². The second-order valence-electron chi connectivity index (χ2n) is 4.26. The van der Waals surface area contributed by atoms with Crippen LogP contribution in [-0.4, -0.2) is 37.5 Å². The van der Waals surface area contributed by atoms with Gasteiger partial charge < -0.3 is 5.32 Å². The van der Waals surface area contributed by atoms with E-state index in [-0.39, 0.29) is 16.8 Å². The van der Waals surface area contributed by atoms with Gasteiger partial charge in [-0.25, -0.2) is 18.1 Å². The lowest BCUT2D eigenvalue weighted by Gasteiger charge is -2.11. The molecule has 1 aliphatic rings. The highest BCUT2D eigenvalue weighted by Crippen LogP contribution is 2.12. The number of aromatic nitrogens is 1. The first-order chi connectivity index (χ1) is 8.99. The number of sulfonamides is 1. The monoisotopic (exact) mass is 286 g/mol. The number of nitrogens with zero attached hydrogens (tertiary/aromatic N) is 2. The Morgan fingerprint density at radius 3 is 2.84 bits per heavy atom. The molecule has 2 rings (SSSR count). The average Bonchev–Trinajstić information content (AvgIpc) is 2.90.